The summed E-state index contributed by atoms with van der Waals surface area (Å²) in [6.07, 6.45) is 4.57. The first-order valence-corrected chi connectivity index (χ1v) is 13.2. The molecule has 7 nitrogen and oxygen atoms in total. The van der Waals surface area contributed by atoms with Gasteiger partial charge >= 0.3 is 5.97 Å². The molecule has 5 rings (SSSR count). The Balaban J connectivity index is 1.04. The van der Waals surface area contributed by atoms with Gasteiger partial charge in [0.2, 0.25) is 0 Å². The predicted octanol–water partition coefficient (Wildman–Crippen LogP) is 3.55. The fraction of sp³-hybridized carbons (Fsp3) is 0.571. The summed E-state index contributed by atoms with van der Waals surface area (Å²) in [5, 5.41) is 16.8. The first-order valence-electron chi connectivity index (χ1n) is 13.2. The maximum absolute atomic E-state index is 11.9. The average molecular weight is 479 g/mol. The Labute approximate surface area is 208 Å². The van der Waals surface area contributed by atoms with Crippen LogP contribution in [0.15, 0.2) is 36.4 Å². The minimum absolute atomic E-state index is 0.101. The Morgan fingerprint density at radius 2 is 1.97 bits per heavy atom. The molecule has 1 aromatic heterocycles. The topological polar surface area (TPSA) is 86.7 Å². The van der Waals surface area contributed by atoms with Crippen LogP contribution in [0.4, 0.5) is 5.82 Å². The quantitative estimate of drug-likeness (QED) is 0.455. The van der Waals surface area contributed by atoms with E-state index in [1.165, 1.54) is 17.7 Å². The van der Waals surface area contributed by atoms with Crippen LogP contribution in [0.2, 0.25) is 0 Å². The Bertz CT molecular complexity index is 1010. The van der Waals surface area contributed by atoms with Gasteiger partial charge in [-0.05, 0) is 87.2 Å². The smallest absolute Gasteiger partial charge is 0.312 e. The van der Waals surface area contributed by atoms with Crippen LogP contribution >= 0.6 is 0 Å². The highest BCUT2D eigenvalue weighted by atomic mass is 16.5. The van der Waals surface area contributed by atoms with Crippen molar-refractivity contribution < 1.29 is 14.6 Å². The van der Waals surface area contributed by atoms with Crippen molar-refractivity contribution in [2.24, 2.45) is 11.8 Å². The van der Waals surface area contributed by atoms with Crippen molar-refractivity contribution >= 4 is 11.8 Å². The maximum atomic E-state index is 11.9. The Morgan fingerprint density at radius 1 is 1.20 bits per heavy atom. The van der Waals surface area contributed by atoms with Crippen LogP contribution in [0, 0.1) is 11.8 Å². The number of likely N-dealkylation sites (tertiary alicyclic amines) is 1. The first kappa shape index (κ1) is 24.1. The summed E-state index contributed by atoms with van der Waals surface area (Å²) in [5.74, 6) is 1.84. The molecule has 0 radical (unpaired) electrons. The Morgan fingerprint density at radius 3 is 2.69 bits per heavy atom. The molecule has 2 fully saturated rings. The standard InChI is InChI=1S/C28H38N4O3/c1-18(2)35-22-11-8-19(9-12-22)23(28(33)34)15-30-26-24-16-32(17-25(24)26)14-4-6-21-10-7-20-5-3-13-29-27(20)31-21/h7-12,18,23-26,30H,3-6,13-17H2,1-2H3,(H,29,31)(H,33,34)/t23?,24-,25+,26?. The van der Waals surface area contributed by atoms with Crippen molar-refractivity contribution in [2.45, 2.75) is 57.6 Å². The van der Waals surface area contributed by atoms with E-state index >= 15 is 0 Å². The van der Waals surface area contributed by atoms with E-state index in [1.54, 1.807) is 0 Å². The molecule has 0 spiro atoms. The summed E-state index contributed by atoms with van der Waals surface area (Å²) in [6.45, 7) is 8.79. The molecule has 1 aliphatic carbocycles. The highest BCUT2D eigenvalue weighted by molar-refractivity contribution is 5.76. The number of carboxylic acids is 1. The molecule has 4 atom stereocenters. The van der Waals surface area contributed by atoms with Crippen LogP contribution in [0.1, 0.15) is 49.4 Å². The number of aliphatic carboxylic acids is 1. The van der Waals surface area contributed by atoms with Gasteiger partial charge in [0.05, 0.1) is 12.0 Å². The number of anilines is 1. The highest BCUT2D eigenvalue weighted by Crippen LogP contribution is 2.45. The number of hydrogen-bond donors (Lipinski definition) is 3. The fourth-order valence-electron chi connectivity index (χ4n) is 5.74. The van der Waals surface area contributed by atoms with Crippen molar-refractivity contribution in [2.75, 3.05) is 38.0 Å². The molecule has 188 valence electrons. The van der Waals surface area contributed by atoms with Crippen molar-refractivity contribution in [3.05, 3.63) is 53.2 Å². The van der Waals surface area contributed by atoms with Gasteiger partial charge in [-0.1, -0.05) is 18.2 Å². The fourth-order valence-corrected chi connectivity index (χ4v) is 5.74. The predicted molar refractivity (Wildman–Crippen MR) is 137 cm³/mol. The number of nitrogens with zero attached hydrogens (tertiary/aromatic N) is 2. The molecule has 1 saturated heterocycles. The van der Waals surface area contributed by atoms with E-state index in [4.69, 9.17) is 9.72 Å². The van der Waals surface area contributed by atoms with Gasteiger partial charge in [-0.25, -0.2) is 4.98 Å². The number of piperidine rings is 1. The summed E-state index contributed by atoms with van der Waals surface area (Å²) in [7, 11) is 0. The molecular formula is C28H38N4O3. The molecule has 1 aromatic carbocycles. The van der Waals surface area contributed by atoms with Crippen LogP contribution in [0.25, 0.3) is 0 Å². The zero-order chi connectivity index (χ0) is 24.4. The Kier molecular flexibility index (Phi) is 7.25. The molecular weight excluding hydrogens is 440 g/mol. The van der Waals surface area contributed by atoms with E-state index in [2.05, 4.69) is 27.7 Å². The minimum Gasteiger partial charge on any atom is -0.491 e. The maximum Gasteiger partial charge on any atom is 0.312 e. The zero-order valence-electron chi connectivity index (χ0n) is 20.9. The van der Waals surface area contributed by atoms with Crippen LogP contribution in [-0.2, 0) is 17.6 Å². The number of aryl methyl sites for hydroxylation is 2. The van der Waals surface area contributed by atoms with E-state index in [9.17, 15) is 9.90 Å². The summed E-state index contributed by atoms with van der Waals surface area (Å²) >= 11 is 0. The van der Waals surface area contributed by atoms with Gasteiger partial charge in [0.1, 0.15) is 11.6 Å². The summed E-state index contributed by atoms with van der Waals surface area (Å²) < 4.78 is 5.68. The lowest BCUT2D eigenvalue weighted by atomic mass is 9.99. The van der Waals surface area contributed by atoms with Gasteiger partial charge < -0.3 is 25.4 Å². The average Bonchev–Trinajstić information content (AvgIpc) is 3.29. The first-order chi connectivity index (χ1) is 17.0. The number of rotatable bonds is 11. The van der Waals surface area contributed by atoms with E-state index in [0.29, 0.717) is 24.4 Å². The number of pyridine rings is 1. The normalized spacial score (nSPS) is 23.9. The second kappa shape index (κ2) is 10.5. The van der Waals surface area contributed by atoms with Crippen molar-refractivity contribution in [3.63, 3.8) is 0 Å². The van der Waals surface area contributed by atoms with E-state index < -0.39 is 11.9 Å². The lowest BCUT2D eigenvalue weighted by molar-refractivity contribution is -0.138. The molecule has 0 amide bonds. The van der Waals surface area contributed by atoms with Gasteiger partial charge in [-0.3, -0.25) is 4.79 Å². The third-order valence-corrected chi connectivity index (χ3v) is 7.64. The molecule has 35 heavy (non-hydrogen) atoms. The number of benzene rings is 1. The van der Waals surface area contributed by atoms with Gasteiger partial charge in [0.15, 0.2) is 0 Å². The van der Waals surface area contributed by atoms with Crippen molar-refractivity contribution in [1.82, 2.24) is 15.2 Å². The highest BCUT2D eigenvalue weighted by Gasteiger charge is 2.55. The number of aromatic nitrogens is 1. The summed E-state index contributed by atoms with van der Waals surface area (Å²) in [5.41, 5.74) is 3.35. The van der Waals surface area contributed by atoms with Crippen LogP contribution in [-0.4, -0.2) is 65.8 Å². The van der Waals surface area contributed by atoms with Crippen molar-refractivity contribution in [3.8, 4) is 5.75 Å². The molecule has 0 bridgehead atoms. The SMILES string of the molecule is CC(C)Oc1ccc(C(CNC2[C@H]3CN(CCCc4ccc5c(n4)NCCC5)C[C@@H]23)C(=O)O)cc1. The minimum atomic E-state index is -0.784. The second-order valence-electron chi connectivity index (χ2n) is 10.6. The lowest BCUT2D eigenvalue weighted by Crippen LogP contribution is -2.35. The van der Waals surface area contributed by atoms with Gasteiger partial charge in [-0.15, -0.1) is 0 Å². The summed E-state index contributed by atoms with van der Waals surface area (Å²) in [6, 6.07) is 12.4. The van der Waals surface area contributed by atoms with E-state index in [1.807, 2.05) is 38.1 Å². The van der Waals surface area contributed by atoms with Crippen LogP contribution in [0.5, 0.6) is 5.75 Å². The van der Waals surface area contributed by atoms with Gasteiger partial charge in [-0.2, -0.15) is 0 Å². The number of hydrogen-bond acceptors (Lipinski definition) is 6. The van der Waals surface area contributed by atoms with E-state index in [0.717, 1.165) is 62.6 Å². The number of nitrogens with one attached hydrogen (secondary N) is 2. The lowest BCUT2D eigenvalue weighted by Gasteiger charge is -2.21. The third kappa shape index (κ3) is 5.78. The number of carbonyl (C=O) groups is 1. The zero-order valence-corrected chi connectivity index (χ0v) is 20.9. The van der Waals surface area contributed by atoms with E-state index in [-0.39, 0.29) is 6.10 Å². The Hall–Kier alpha value is -2.64. The second-order valence-corrected chi connectivity index (χ2v) is 10.6. The molecule has 1 saturated carbocycles. The molecule has 7 heteroatoms. The van der Waals surface area contributed by atoms with Crippen molar-refractivity contribution in [1.29, 1.82) is 0 Å². The molecule has 2 aromatic rings. The molecule has 2 aliphatic heterocycles. The van der Waals surface area contributed by atoms with Crippen LogP contribution in [0.3, 0.4) is 0 Å². The van der Waals surface area contributed by atoms with Crippen LogP contribution < -0.4 is 15.4 Å². The number of carboxylic acid groups (broad SMARTS) is 1. The summed E-state index contributed by atoms with van der Waals surface area (Å²) in [4.78, 5) is 19.3. The number of fused-ring (bicyclic) bond motifs is 2. The number of ether oxygens (including phenoxy) is 1. The van der Waals surface area contributed by atoms with Gasteiger partial charge in [0, 0.05) is 37.9 Å². The molecule has 3 heterocycles. The monoisotopic (exact) mass is 478 g/mol. The third-order valence-electron chi connectivity index (χ3n) is 7.64. The largest absolute Gasteiger partial charge is 0.491 e. The molecule has 3 N–H and O–H groups in total. The molecule has 2 unspecified atom stereocenters. The van der Waals surface area contributed by atoms with Gasteiger partial charge in [0.25, 0.3) is 0 Å². The molecule has 3 aliphatic rings.